The predicted molar refractivity (Wildman–Crippen MR) is 69.1 cm³/mol. The zero-order valence-corrected chi connectivity index (χ0v) is 10.5. The topological polar surface area (TPSA) is 52.3 Å². The van der Waals surface area contributed by atoms with Crippen LogP contribution in [0.4, 0.5) is 4.79 Å². The number of primary amides is 1. The van der Waals surface area contributed by atoms with Crippen molar-refractivity contribution < 1.29 is 9.53 Å². The molecule has 2 N–H and O–H groups in total. The first kappa shape index (κ1) is 11.6. The molecule has 0 aromatic heterocycles. The third kappa shape index (κ3) is 1.69. The highest BCUT2D eigenvalue weighted by Crippen LogP contribution is 2.50. The van der Waals surface area contributed by atoms with E-state index in [9.17, 15) is 4.79 Å². The fourth-order valence-electron chi connectivity index (χ4n) is 3.80. The van der Waals surface area contributed by atoms with Crippen molar-refractivity contribution in [3.05, 3.63) is 35.4 Å². The van der Waals surface area contributed by atoms with Gasteiger partial charge in [-0.3, -0.25) is 0 Å². The van der Waals surface area contributed by atoms with Crippen molar-refractivity contribution in [2.45, 2.75) is 44.1 Å². The Labute approximate surface area is 107 Å². The molecule has 1 saturated carbocycles. The molecule has 0 bridgehead atoms. The molecule has 2 unspecified atom stereocenters. The van der Waals surface area contributed by atoms with Crippen molar-refractivity contribution >= 4 is 6.09 Å². The molecule has 18 heavy (non-hydrogen) atoms. The SMILES string of the molecule is NC(=O)OC12CCCCC1CCc1ccccc12. The Hall–Kier alpha value is -1.51. The van der Waals surface area contributed by atoms with Gasteiger partial charge in [-0.05, 0) is 43.2 Å². The number of nitrogens with two attached hydrogens (primary N) is 1. The lowest BCUT2D eigenvalue weighted by molar-refractivity contribution is -0.0708. The first-order chi connectivity index (χ1) is 8.72. The maximum absolute atomic E-state index is 11.3. The Balaban J connectivity index is 2.09. The second kappa shape index (κ2) is 4.30. The maximum atomic E-state index is 11.3. The molecule has 0 radical (unpaired) electrons. The Morgan fingerprint density at radius 2 is 2.11 bits per heavy atom. The second-order valence-electron chi connectivity index (χ2n) is 5.45. The van der Waals surface area contributed by atoms with Gasteiger partial charge in [0.1, 0.15) is 5.60 Å². The summed E-state index contributed by atoms with van der Waals surface area (Å²) in [7, 11) is 0. The summed E-state index contributed by atoms with van der Waals surface area (Å²) in [4.78, 5) is 11.3. The smallest absolute Gasteiger partial charge is 0.405 e. The van der Waals surface area contributed by atoms with Gasteiger partial charge in [-0.25, -0.2) is 4.79 Å². The summed E-state index contributed by atoms with van der Waals surface area (Å²) in [5, 5.41) is 0. The quantitative estimate of drug-likeness (QED) is 0.826. The van der Waals surface area contributed by atoms with Gasteiger partial charge in [0.05, 0.1) is 0 Å². The number of hydrogen-bond donors (Lipinski definition) is 1. The average molecular weight is 245 g/mol. The molecular formula is C15H19NO2. The number of fused-ring (bicyclic) bond motifs is 3. The zero-order valence-electron chi connectivity index (χ0n) is 10.5. The summed E-state index contributed by atoms with van der Waals surface area (Å²) in [5.41, 5.74) is 7.39. The molecule has 0 saturated heterocycles. The van der Waals surface area contributed by atoms with Crippen molar-refractivity contribution in [3.8, 4) is 0 Å². The van der Waals surface area contributed by atoms with Crippen molar-refractivity contribution in [1.29, 1.82) is 0 Å². The molecule has 2 aliphatic rings. The number of aryl methyl sites for hydroxylation is 1. The average Bonchev–Trinajstić information content (AvgIpc) is 2.38. The molecule has 3 heteroatoms. The van der Waals surface area contributed by atoms with E-state index in [2.05, 4.69) is 18.2 Å². The van der Waals surface area contributed by atoms with Crippen LogP contribution in [-0.2, 0) is 16.8 Å². The molecule has 0 spiro atoms. The molecule has 3 rings (SSSR count). The maximum Gasteiger partial charge on any atom is 0.405 e. The Morgan fingerprint density at radius 3 is 2.94 bits per heavy atom. The van der Waals surface area contributed by atoms with E-state index in [0.717, 1.165) is 32.1 Å². The van der Waals surface area contributed by atoms with E-state index in [-0.39, 0.29) is 0 Å². The summed E-state index contributed by atoms with van der Waals surface area (Å²) in [6.45, 7) is 0. The largest absolute Gasteiger partial charge is 0.438 e. The number of benzene rings is 1. The molecule has 1 aromatic rings. The minimum Gasteiger partial charge on any atom is -0.438 e. The molecule has 1 aromatic carbocycles. The van der Waals surface area contributed by atoms with E-state index in [0.29, 0.717) is 5.92 Å². The van der Waals surface area contributed by atoms with Crippen molar-refractivity contribution in [3.63, 3.8) is 0 Å². The first-order valence-electron chi connectivity index (χ1n) is 6.79. The van der Waals surface area contributed by atoms with Crippen LogP contribution < -0.4 is 5.73 Å². The fourth-order valence-corrected chi connectivity index (χ4v) is 3.80. The Kier molecular flexibility index (Phi) is 2.77. The van der Waals surface area contributed by atoms with Gasteiger partial charge in [-0.1, -0.05) is 30.7 Å². The monoisotopic (exact) mass is 245 g/mol. The van der Waals surface area contributed by atoms with Crippen molar-refractivity contribution in [2.24, 2.45) is 11.7 Å². The van der Waals surface area contributed by atoms with Crippen LogP contribution >= 0.6 is 0 Å². The highest BCUT2D eigenvalue weighted by atomic mass is 16.6. The molecule has 0 aliphatic heterocycles. The number of ether oxygens (including phenoxy) is 1. The van der Waals surface area contributed by atoms with E-state index in [4.69, 9.17) is 10.5 Å². The van der Waals surface area contributed by atoms with Crippen molar-refractivity contribution in [1.82, 2.24) is 0 Å². The van der Waals surface area contributed by atoms with Gasteiger partial charge in [0, 0.05) is 5.92 Å². The predicted octanol–water partition coefficient (Wildman–Crippen LogP) is 3.11. The Morgan fingerprint density at radius 1 is 1.28 bits per heavy atom. The van der Waals surface area contributed by atoms with Gasteiger partial charge in [0.15, 0.2) is 0 Å². The molecule has 2 aliphatic carbocycles. The van der Waals surface area contributed by atoms with E-state index >= 15 is 0 Å². The Bertz CT molecular complexity index is 471. The molecular weight excluding hydrogens is 226 g/mol. The molecule has 3 nitrogen and oxygen atoms in total. The highest BCUT2D eigenvalue weighted by molar-refractivity contribution is 5.66. The minimum absolute atomic E-state index is 0.439. The number of carbonyl (C=O) groups is 1. The van der Waals surface area contributed by atoms with Gasteiger partial charge in [-0.15, -0.1) is 0 Å². The normalized spacial score (nSPS) is 30.1. The van der Waals surface area contributed by atoms with Crippen LogP contribution in [0.1, 0.15) is 43.2 Å². The van der Waals surface area contributed by atoms with Gasteiger partial charge >= 0.3 is 6.09 Å². The first-order valence-corrected chi connectivity index (χ1v) is 6.79. The number of amides is 1. The van der Waals surface area contributed by atoms with E-state index < -0.39 is 11.7 Å². The minimum atomic E-state index is -0.640. The van der Waals surface area contributed by atoms with E-state index in [1.165, 1.54) is 17.5 Å². The second-order valence-corrected chi connectivity index (χ2v) is 5.45. The zero-order chi connectivity index (χ0) is 12.6. The lowest BCUT2D eigenvalue weighted by Crippen LogP contribution is -2.46. The third-order valence-corrected chi connectivity index (χ3v) is 4.53. The van der Waals surface area contributed by atoms with Crippen LogP contribution in [-0.4, -0.2) is 6.09 Å². The number of rotatable bonds is 1. The lowest BCUT2D eigenvalue weighted by Gasteiger charge is -2.47. The van der Waals surface area contributed by atoms with Crippen LogP contribution in [0.15, 0.2) is 24.3 Å². The van der Waals surface area contributed by atoms with Gasteiger partial charge in [0.2, 0.25) is 0 Å². The molecule has 2 atom stereocenters. The van der Waals surface area contributed by atoms with E-state index in [1.54, 1.807) is 0 Å². The number of hydrogen-bond acceptors (Lipinski definition) is 2. The molecule has 96 valence electrons. The van der Waals surface area contributed by atoms with Crippen molar-refractivity contribution in [2.75, 3.05) is 0 Å². The summed E-state index contributed by atoms with van der Waals surface area (Å²) in [6.07, 6.45) is 5.95. The van der Waals surface area contributed by atoms with Crippen LogP contribution in [0, 0.1) is 5.92 Å². The summed E-state index contributed by atoms with van der Waals surface area (Å²) in [5.74, 6) is 0.439. The van der Waals surface area contributed by atoms with Crippen LogP contribution in [0.25, 0.3) is 0 Å². The number of carbonyl (C=O) groups excluding carboxylic acids is 1. The van der Waals surface area contributed by atoms with E-state index in [1.807, 2.05) is 6.07 Å². The van der Waals surface area contributed by atoms with Gasteiger partial charge in [0.25, 0.3) is 0 Å². The van der Waals surface area contributed by atoms with Crippen LogP contribution in [0.3, 0.4) is 0 Å². The lowest BCUT2D eigenvalue weighted by atomic mass is 9.64. The summed E-state index contributed by atoms with van der Waals surface area (Å²) < 4.78 is 5.65. The van der Waals surface area contributed by atoms with Gasteiger partial charge in [-0.2, -0.15) is 0 Å². The molecule has 1 amide bonds. The molecule has 1 fully saturated rings. The van der Waals surface area contributed by atoms with Crippen LogP contribution in [0.2, 0.25) is 0 Å². The highest BCUT2D eigenvalue weighted by Gasteiger charge is 2.48. The third-order valence-electron chi connectivity index (χ3n) is 4.53. The van der Waals surface area contributed by atoms with Gasteiger partial charge < -0.3 is 10.5 Å². The summed E-state index contributed by atoms with van der Waals surface area (Å²) in [6, 6.07) is 8.34. The summed E-state index contributed by atoms with van der Waals surface area (Å²) >= 11 is 0. The fraction of sp³-hybridized carbons (Fsp3) is 0.533. The standard InChI is InChI=1S/C15H19NO2/c16-14(17)18-15-10-4-3-6-12(15)9-8-11-5-1-2-7-13(11)15/h1-2,5,7,12H,3-4,6,8-10H2,(H2,16,17). The molecule has 0 heterocycles. The van der Waals surface area contributed by atoms with Crippen LogP contribution in [0.5, 0.6) is 0 Å².